The molecule has 9 heavy (non-hydrogen) atoms. The van der Waals surface area contributed by atoms with Crippen LogP contribution in [-0.2, 0) is 9.78 Å². The quantitative estimate of drug-likeness (QED) is 0.383. The summed E-state index contributed by atoms with van der Waals surface area (Å²) in [5, 5.41) is 0. The minimum atomic E-state index is -0.111. The fourth-order valence-electron chi connectivity index (χ4n) is 0.514. The van der Waals surface area contributed by atoms with Gasteiger partial charge in [-0.3, -0.25) is 0 Å². The molecule has 1 rings (SSSR count). The van der Waals surface area contributed by atoms with Crippen molar-refractivity contribution in [2.24, 2.45) is 0 Å². The summed E-state index contributed by atoms with van der Waals surface area (Å²) < 4.78 is 1.58. The van der Waals surface area contributed by atoms with E-state index in [9.17, 15) is 0 Å². The van der Waals surface area contributed by atoms with Gasteiger partial charge < -0.3 is 0 Å². The minimum Gasteiger partial charge on any atom is -0.233 e. The van der Waals surface area contributed by atoms with Gasteiger partial charge in [-0.25, -0.2) is 9.78 Å². The number of rotatable bonds is 0. The fraction of sp³-hybridized carbons (Fsp3) is 1.00. The van der Waals surface area contributed by atoms with E-state index >= 15 is 0 Å². The molecule has 0 atom stereocenters. The molecule has 1 saturated heterocycles. The lowest BCUT2D eigenvalue weighted by Gasteiger charge is -2.35. The van der Waals surface area contributed by atoms with Crippen molar-refractivity contribution in [1.82, 2.24) is 4.42 Å². The van der Waals surface area contributed by atoms with Crippen molar-refractivity contribution in [3.05, 3.63) is 0 Å². The van der Waals surface area contributed by atoms with Crippen molar-refractivity contribution in [2.75, 3.05) is 13.3 Å². The molecule has 1 fully saturated rings. The van der Waals surface area contributed by atoms with Crippen molar-refractivity contribution < 1.29 is 9.78 Å². The fourth-order valence-corrected chi connectivity index (χ4v) is 0.603. The average Bonchev–Trinajstić information content (AvgIpc) is 1.77. The summed E-state index contributed by atoms with van der Waals surface area (Å²) in [6.07, 6.45) is 0. The molecule has 1 aliphatic heterocycles. The van der Waals surface area contributed by atoms with Gasteiger partial charge in [0.25, 0.3) is 0 Å². The Morgan fingerprint density at radius 3 is 2.44 bits per heavy atom. The van der Waals surface area contributed by atoms with Gasteiger partial charge in [-0.2, -0.15) is 4.42 Å². The van der Waals surface area contributed by atoms with Gasteiger partial charge >= 0.3 is 0 Å². The van der Waals surface area contributed by atoms with Crippen molar-refractivity contribution >= 4 is 11.8 Å². The number of halogens is 1. The van der Waals surface area contributed by atoms with Crippen LogP contribution in [0.4, 0.5) is 0 Å². The van der Waals surface area contributed by atoms with E-state index in [1.165, 1.54) is 0 Å². The highest BCUT2D eigenvalue weighted by molar-refractivity contribution is 6.13. The molecule has 54 valence electrons. The van der Waals surface area contributed by atoms with E-state index in [0.29, 0.717) is 13.3 Å². The van der Waals surface area contributed by atoms with Crippen LogP contribution in [0.3, 0.4) is 0 Å². The lowest BCUT2D eigenvalue weighted by atomic mass is 10.1. The summed E-state index contributed by atoms with van der Waals surface area (Å²) in [7, 11) is 0. The summed E-state index contributed by atoms with van der Waals surface area (Å²) in [6, 6.07) is 0. The maximum Gasteiger partial charge on any atom is 0.149 e. The highest BCUT2D eigenvalue weighted by Crippen LogP contribution is 2.20. The van der Waals surface area contributed by atoms with E-state index < -0.39 is 0 Å². The molecule has 0 saturated carbocycles. The molecule has 0 bridgehead atoms. The van der Waals surface area contributed by atoms with Crippen LogP contribution in [0.1, 0.15) is 13.8 Å². The molecule has 0 amide bonds. The summed E-state index contributed by atoms with van der Waals surface area (Å²) in [5.74, 6) is 0. The van der Waals surface area contributed by atoms with Gasteiger partial charge in [0.1, 0.15) is 13.3 Å². The van der Waals surface area contributed by atoms with Gasteiger partial charge in [0.05, 0.1) is 5.54 Å². The molecule has 0 aromatic carbocycles. The molecule has 0 unspecified atom stereocenters. The first-order valence-electron chi connectivity index (χ1n) is 2.81. The van der Waals surface area contributed by atoms with Crippen LogP contribution in [0.25, 0.3) is 0 Å². The van der Waals surface area contributed by atoms with E-state index in [1.54, 1.807) is 4.42 Å². The van der Waals surface area contributed by atoms with E-state index in [1.807, 2.05) is 13.8 Å². The van der Waals surface area contributed by atoms with E-state index in [2.05, 4.69) is 4.89 Å². The SMILES string of the molecule is CC1(C)COOCN1Cl. The van der Waals surface area contributed by atoms with Gasteiger partial charge in [0, 0.05) is 0 Å². The number of nitrogens with zero attached hydrogens (tertiary/aromatic N) is 1. The topological polar surface area (TPSA) is 21.7 Å². The van der Waals surface area contributed by atoms with Gasteiger partial charge in [-0.05, 0) is 25.6 Å². The highest BCUT2D eigenvalue weighted by Gasteiger charge is 2.30. The molecular formula is C5H10ClNO2. The average molecular weight is 152 g/mol. The van der Waals surface area contributed by atoms with Gasteiger partial charge in [-0.15, -0.1) is 0 Å². The van der Waals surface area contributed by atoms with E-state index in [4.69, 9.17) is 16.7 Å². The van der Waals surface area contributed by atoms with Gasteiger partial charge in [0.2, 0.25) is 0 Å². The van der Waals surface area contributed by atoms with E-state index in [-0.39, 0.29) is 5.54 Å². The van der Waals surface area contributed by atoms with Crippen molar-refractivity contribution in [3.63, 3.8) is 0 Å². The summed E-state index contributed by atoms with van der Waals surface area (Å²) in [4.78, 5) is 9.34. The van der Waals surface area contributed by atoms with Crippen molar-refractivity contribution in [3.8, 4) is 0 Å². The summed E-state index contributed by atoms with van der Waals surface area (Å²) in [6.45, 7) is 4.82. The van der Waals surface area contributed by atoms with E-state index in [0.717, 1.165) is 0 Å². The zero-order valence-corrected chi connectivity index (χ0v) is 6.31. The Hall–Kier alpha value is 0.170. The number of hydrogen-bond acceptors (Lipinski definition) is 3. The van der Waals surface area contributed by atoms with Crippen LogP contribution in [0, 0.1) is 0 Å². The third-order valence-electron chi connectivity index (χ3n) is 1.32. The second kappa shape index (κ2) is 2.42. The monoisotopic (exact) mass is 151 g/mol. The largest absolute Gasteiger partial charge is 0.233 e. The third-order valence-corrected chi connectivity index (χ3v) is 1.87. The molecule has 0 aliphatic carbocycles. The second-order valence-corrected chi connectivity index (χ2v) is 3.09. The molecule has 0 aromatic heterocycles. The van der Waals surface area contributed by atoms with Crippen LogP contribution in [0.5, 0.6) is 0 Å². The first kappa shape index (κ1) is 7.28. The first-order valence-corrected chi connectivity index (χ1v) is 3.14. The van der Waals surface area contributed by atoms with Crippen LogP contribution in [0.15, 0.2) is 0 Å². The molecule has 0 N–H and O–H groups in total. The normalized spacial score (nSPS) is 28.3. The Labute approximate surface area is 59.5 Å². The highest BCUT2D eigenvalue weighted by atomic mass is 35.5. The van der Waals surface area contributed by atoms with Crippen LogP contribution < -0.4 is 0 Å². The molecule has 4 heteroatoms. The zero-order chi connectivity index (χ0) is 6.91. The molecule has 0 radical (unpaired) electrons. The summed E-state index contributed by atoms with van der Waals surface area (Å²) in [5.41, 5.74) is -0.111. The zero-order valence-electron chi connectivity index (χ0n) is 5.56. The van der Waals surface area contributed by atoms with Crippen LogP contribution >= 0.6 is 11.8 Å². The summed E-state index contributed by atoms with van der Waals surface area (Å²) >= 11 is 5.74. The first-order chi connectivity index (χ1) is 4.13. The Morgan fingerprint density at radius 2 is 2.11 bits per heavy atom. The second-order valence-electron chi connectivity index (χ2n) is 2.68. The Kier molecular flexibility index (Phi) is 1.96. The van der Waals surface area contributed by atoms with Crippen molar-refractivity contribution in [2.45, 2.75) is 19.4 Å². The lowest BCUT2D eigenvalue weighted by molar-refractivity contribution is -0.354. The predicted molar refractivity (Wildman–Crippen MR) is 33.7 cm³/mol. The number of hydrogen-bond donors (Lipinski definition) is 0. The molecular weight excluding hydrogens is 142 g/mol. The van der Waals surface area contributed by atoms with Crippen LogP contribution in [0.2, 0.25) is 0 Å². The van der Waals surface area contributed by atoms with Crippen LogP contribution in [-0.4, -0.2) is 23.3 Å². The molecule has 1 heterocycles. The van der Waals surface area contributed by atoms with Gasteiger partial charge in [0.15, 0.2) is 0 Å². The third kappa shape index (κ3) is 1.55. The Morgan fingerprint density at radius 1 is 1.44 bits per heavy atom. The Bertz CT molecular complexity index is 107. The molecule has 0 spiro atoms. The molecule has 3 nitrogen and oxygen atoms in total. The van der Waals surface area contributed by atoms with Gasteiger partial charge in [-0.1, -0.05) is 0 Å². The minimum absolute atomic E-state index is 0.111. The maximum absolute atomic E-state index is 5.74. The smallest absolute Gasteiger partial charge is 0.149 e. The molecule has 1 aliphatic rings. The maximum atomic E-state index is 5.74. The predicted octanol–water partition coefficient (Wildman–Crippen LogP) is 1.14. The molecule has 0 aromatic rings. The lowest BCUT2D eigenvalue weighted by Crippen LogP contribution is -2.46. The standard InChI is InChI=1S/C5H10ClNO2/c1-5(2)3-8-9-4-7(5)6/h3-4H2,1-2H3. The Balaban J connectivity index is 2.49. The van der Waals surface area contributed by atoms with Crippen molar-refractivity contribution in [1.29, 1.82) is 0 Å².